The summed E-state index contributed by atoms with van der Waals surface area (Å²) in [6.45, 7) is 4.42. The third-order valence-corrected chi connectivity index (χ3v) is 11.5. The molecule has 40 heavy (non-hydrogen) atoms. The maximum absolute atomic E-state index is 13.5. The summed E-state index contributed by atoms with van der Waals surface area (Å²) in [7, 11) is 1.03. The number of fused-ring (bicyclic) bond motifs is 3. The highest BCUT2D eigenvalue weighted by molar-refractivity contribution is 7.82. The first-order valence-corrected chi connectivity index (χ1v) is 16.8. The van der Waals surface area contributed by atoms with Gasteiger partial charge < -0.3 is 20.9 Å². The Morgan fingerprint density at radius 2 is 1.85 bits per heavy atom. The van der Waals surface area contributed by atoms with Crippen LogP contribution in [0.25, 0.3) is 5.57 Å². The van der Waals surface area contributed by atoms with Gasteiger partial charge in [0.2, 0.25) is 0 Å². The second-order valence-corrected chi connectivity index (χ2v) is 14.2. The second kappa shape index (κ2) is 12.2. The molecule has 4 atom stereocenters. The summed E-state index contributed by atoms with van der Waals surface area (Å²) in [6.07, 6.45) is 11.4. The fraction of sp³-hybridized carbons (Fsp3) is 0.667. The van der Waals surface area contributed by atoms with Crippen LogP contribution in [0.2, 0.25) is 5.02 Å². The number of anilines is 1. The molecule has 5 aliphatic rings. The largest absolute Gasteiger partial charge is 0.349 e. The Bertz CT molecular complexity index is 1180. The minimum Gasteiger partial charge on any atom is -0.349 e. The van der Waals surface area contributed by atoms with Gasteiger partial charge in [0.15, 0.2) is 0 Å². The number of allylic oxidation sites excluding steroid dienone is 1. The fourth-order valence-corrected chi connectivity index (χ4v) is 9.25. The molecule has 1 aromatic rings. The smallest absolute Gasteiger partial charge is 0.256 e. The molecule has 0 spiro atoms. The molecule has 8 nitrogen and oxygen atoms in total. The van der Waals surface area contributed by atoms with Crippen LogP contribution in [0.4, 0.5) is 5.69 Å². The van der Waals surface area contributed by atoms with E-state index in [-0.39, 0.29) is 29.9 Å². The number of carbonyl (C=O) groups is 2. The molecule has 10 heteroatoms. The summed E-state index contributed by atoms with van der Waals surface area (Å²) in [6, 6.07) is 3.99. The molecule has 1 saturated carbocycles. The van der Waals surface area contributed by atoms with Crippen LogP contribution in [-0.2, 0) is 15.8 Å². The highest BCUT2D eigenvalue weighted by atomic mass is 35.5. The van der Waals surface area contributed by atoms with Crippen molar-refractivity contribution in [3.63, 3.8) is 0 Å². The average Bonchev–Trinajstić information content (AvgIpc) is 3.64. The van der Waals surface area contributed by atoms with Crippen molar-refractivity contribution in [3.8, 4) is 0 Å². The maximum Gasteiger partial charge on any atom is 0.256 e. The van der Waals surface area contributed by atoms with Crippen LogP contribution in [0.15, 0.2) is 18.2 Å². The average molecular weight is 588 g/mol. The number of nitrogens with zero attached hydrogens (tertiary/aromatic N) is 2. The van der Waals surface area contributed by atoms with Crippen LogP contribution in [0.5, 0.6) is 0 Å². The topological polar surface area (TPSA) is 93.8 Å². The highest BCUT2D eigenvalue weighted by Crippen LogP contribution is 2.41. The minimum absolute atomic E-state index is 0.0321. The van der Waals surface area contributed by atoms with Gasteiger partial charge in [-0.1, -0.05) is 17.7 Å². The van der Waals surface area contributed by atoms with Gasteiger partial charge in [-0.15, -0.1) is 0 Å². The summed E-state index contributed by atoms with van der Waals surface area (Å²) in [5.74, 6) is 1.43. The Morgan fingerprint density at radius 3 is 2.52 bits per heavy atom. The maximum atomic E-state index is 13.5. The number of nitrogens with one attached hydrogen (secondary N) is 3. The number of rotatable bonds is 10. The molecule has 2 amide bonds. The number of amides is 2. The zero-order valence-electron chi connectivity index (χ0n) is 23.4. The van der Waals surface area contributed by atoms with E-state index in [0.717, 1.165) is 88.9 Å². The third-order valence-electron chi connectivity index (χ3n) is 9.38. The zero-order valence-corrected chi connectivity index (χ0v) is 25.0. The second-order valence-electron chi connectivity index (χ2n) is 12.4. The standard InChI is InChI=1S/C30H42ClN5O3S/c1-32-9-2-10-35-11-7-20(8-12-35)18-40(39)36-22-5-6-23(36)15-21(14-22)33-30(38)26-16-24-25(13-19-3-4-19)29(37)34-28(24)17-27(26)31/h13,16-17,19-23,32H,2-12,14-15,18H2,1H3,(H,33,38)(H,34,37)/b25-13+/t21?,22-,23?,40?/m0/s1. The van der Waals surface area contributed by atoms with Gasteiger partial charge in [-0.3, -0.25) is 9.59 Å². The molecule has 4 fully saturated rings. The van der Waals surface area contributed by atoms with Gasteiger partial charge in [0.25, 0.3) is 11.8 Å². The minimum atomic E-state index is -0.969. The summed E-state index contributed by atoms with van der Waals surface area (Å²) < 4.78 is 15.8. The predicted octanol–water partition coefficient (Wildman–Crippen LogP) is 3.80. The SMILES string of the molecule is CNCCCN1CCC(CS(=O)N2C3CC[C@H]2CC(NC(=O)c2cc4c(cc2Cl)NC(=O)/C4=C/C2CC2)C3)CC1. The van der Waals surface area contributed by atoms with E-state index in [4.69, 9.17) is 11.6 Å². The lowest BCUT2D eigenvalue weighted by atomic mass is 9.98. The quantitative estimate of drug-likeness (QED) is 0.286. The molecule has 3 saturated heterocycles. The van der Waals surface area contributed by atoms with Crippen LogP contribution in [0.3, 0.4) is 0 Å². The zero-order chi connectivity index (χ0) is 27.8. The van der Waals surface area contributed by atoms with Crippen LogP contribution >= 0.6 is 11.6 Å². The third kappa shape index (κ3) is 6.19. The van der Waals surface area contributed by atoms with Gasteiger partial charge in [0, 0.05) is 35.0 Å². The lowest BCUT2D eigenvalue weighted by molar-refractivity contribution is -0.110. The highest BCUT2D eigenvalue weighted by Gasteiger charge is 2.44. The van der Waals surface area contributed by atoms with Crippen molar-refractivity contribution in [2.45, 2.75) is 75.9 Å². The molecule has 3 unspecified atom stereocenters. The van der Waals surface area contributed by atoms with Crippen molar-refractivity contribution in [3.05, 3.63) is 34.4 Å². The Morgan fingerprint density at radius 1 is 1.12 bits per heavy atom. The molecule has 0 aromatic heterocycles. The number of carbonyl (C=O) groups excluding carboxylic acids is 2. The van der Waals surface area contributed by atoms with E-state index in [1.54, 1.807) is 12.1 Å². The Kier molecular flexibility index (Phi) is 8.66. The van der Waals surface area contributed by atoms with E-state index in [1.165, 1.54) is 6.42 Å². The first-order chi connectivity index (χ1) is 19.4. The van der Waals surface area contributed by atoms with Gasteiger partial charge >= 0.3 is 0 Å². The Labute approximate surface area is 245 Å². The molecule has 0 radical (unpaired) electrons. The lowest BCUT2D eigenvalue weighted by Gasteiger charge is -2.39. The molecular weight excluding hydrogens is 546 g/mol. The van der Waals surface area contributed by atoms with Crippen molar-refractivity contribution in [2.24, 2.45) is 11.8 Å². The van der Waals surface area contributed by atoms with E-state index < -0.39 is 11.0 Å². The van der Waals surface area contributed by atoms with Gasteiger partial charge in [0.05, 0.1) is 27.3 Å². The van der Waals surface area contributed by atoms with Crippen molar-refractivity contribution in [2.75, 3.05) is 44.3 Å². The Hall–Kier alpha value is -1.78. The number of likely N-dealkylation sites (tertiary alicyclic amines) is 1. The van der Waals surface area contributed by atoms with E-state index in [1.807, 2.05) is 13.1 Å². The molecule has 218 valence electrons. The molecule has 2 bridgehead atoms. The van der Waals surface area contributed by atoms with E-state index in [2.05, 4.69) is 25.2 Å². The molecule has 4 heterocycles. The van der Waals surface area contributed by atoms with Crippen molar-refractivity contribution < 1.29 is 13.8 Å². The number of hydrogen-bond acceptors (Lipinski definition) is 5. The van der Waals surface area contributed by atoms with Crippen LogP contribution in [0.1, 0.15) is 73.7 Å². The molecule has 3 N–H and O–H groups in total. The van der Waals surface area contributed by atoms with Gasteiger partial charge in [-0.25, -0.2) is 8.51 Å². The number of halogens is 1. The van der Waals surface area contributed by atoms with E-state index in [9.17, 15) is 13.8 Å². The molecule has 6 rings (SSSR count). The summed E-state index contributed by atoms with van der Waals surface area (Å²) in [5, 5.41) is 9.68. The molecule has 1 aromatic carbocycles. The van der Waals surface area contributed by atoms with Crippen molar-refractivity contribution >= 4 is 45.7 Å². The number of hydrogen-bond donors (Lipinski definition) is 3. The van der Waals surface area contributed by atoms with Gasteiger partial charge in [-0.05, 0) is 115 Å². The van der Waals surface area contributed by atoms with Crippen molar-refractivity contribution in [1.29, 1.82) is 0 Å². The van der Waals surface area contributed by atoms with Crippen molar-refractivity contribution in [1.82, 2.24) is 19.8 Å². The Balaban J connectivity index is 1.03. The van der Waals surface area contributed by atoms with Gasteiger partial charge in [0.1, 0.15) is 0 Å². The van der Waals surface area contributed by atoms with Crippen LogP contribution in [0, 0.1) is 11.8 Å². The monoisotopic (exact) mass is 587 g/mol. The normalized spacial score (nSPS) is 29.0. The summed E-state index contributed by atoms with van der Waals surface area (Å²) >= 11 is 6.52. The first-order valence-electron chi connectivity index (χ1n) is 15.1. The lowest BCUT2D eigenvalue weighted by Crippen LogP contribution is -2.51. The molecule has 4 aliphatic heterocycles. The van der Waals surface area contributed by atoms with Crippen LogP contribution < -0.4 is 16.0 Å². The number of benzene rings is 1. The predicted molar refractivity (Wildman–Crippen MR) is 161 cm³/mol. The summed E-state index contributed by atoms with van der Waals surface area (Å²) in [5.41, 5.74) is 2.50. The van der Waals surface area contributed by atoms with E-state index in [0.29, 0.717) is 33.7 Å². The van der Waals surface area contributed by atoms with E-state index >= 15 is 0 Å². The van der Waals surface area contributed by atoms with Crippen LogP contribution in [-0.4, -0.2) is 82.3 Å². The summed E-state index contributed by atoms with van der Waals surface area (Å²) in [4.78, 5) is 28.4. The first kappa shape index (κ1) is 28.3. The van der Waals surface area contributed by atoms with Gasteiger partial charge in [-0.2, -0.15) is 0 Å². The fourth-order valence-electron chi connectivity index (χ4n) is 7.04. The molecular formula is C30H42ClN5O3S. The number of piperidine rings is 2. The molecule has 1 aliphatic carbocycles.